The summed E-state index contributed by atoms with van der Waals surface area (Å²) in [7, 11) is 0. The number of aromatic nitrogens is 5. The van der Waals surface area contributed by atoms with Gasteiger partial charge < -0.3 is 5.32 Å². The minimum absolute atomic E-state index is 0.197. The monoisotopic (exact) mass is 436 g/mol. The van der Waals surface area contributed by atoms with Gasteiger partial charge in [-0.15, -0.1) is 11.3 Å². The summed E-state index contributed by atoms with van der Waals surface area (Å²) in [6.07, 6.45) is 5.49. The molecule has 4 rings (SSSR count). The molecule has 1 atom stereocenters. The lowest BCUT2D eigenvalue weighted by Crippen LogP contribution is -2.31. The molecular weight excluding hydrogens is 416 g/mol. The highest BCUT2D eigenvalue weighted by Gasteiger charge is 2.17. The minimum atomic E-state index is -0.565. The molecule has 1 unspecified atom stereocenters. The highest BCUT2D eigenvalue weighted by atomic mass is 32.1. The van der Waals surface area contributed by atoms with Crippen molar-refractivity contribution in [2.45, 2.75) is 32.9 Å². The van der Waals surface area contributed by atoms with Gasteiger partial charge in [-0.25, -0.2) is 14.8 Å². The third-order valence-electron chi connectivity index (χ3n) is 4.76. The zero-order valence-electron chi connectivity index (χ0n) is 17.0. The highest BCUT2D eigenvalue weighted by Crippen LogP contribution is 2.25. The fraction of sp³-hybridized carbons (Fsp3) is 0.238. The van der Waals surface area contributed by atoms with Gasteiger partial charge in [-0.3, -0.25) is 24.1 Å². The number of pyridine rings is 2. The molecule has 0 spiro atoms. The topological polar surface area (TPSA) is 123 Å². The normalized spacial score (nSPS) is 12.1. The predicted molar refractivity (Wildman–Crippen MR) is 118 cm³/mol. The van der Waals surface area contributed by atoms with Gasteiger partial charge in [-0.05, 0) is 31.5 Å². The van der Waals surface area contributed by atoms with Crippen LogP contribution < -0.4 is 16.6 Å². The number of amides is 1. The Morgan fingerprint density at radius 1 is 1.29 bits per heavy atom. The van der Waals surface area contributed by atoms with Crippen LogP contribution >= 0.6 is 11.3 Å². The van der Waals surface area contributed by atoms with E-state index in [0.29, 0.717) is 13.0 Å². The molecule has 9 nitrogen and oxygen atoms in total. The first kappa shape index (κ1) is 20.6. The van der Waals surface area contributed by atoms with Crippen LogP contribution in [0.15, 0.2) is 51.8 Å². The van der Waals surface area contributed by atoms with E-state index < -0.39 is 11.2 Å². The summed E-state index contributed by atoms with van der Waals surface area (Å²) in [6.45, 7) is 4.18. The first-order valence-electron chi connectivity index (χ1n) is 9.77. The van der Waals surface area contributed by atoms with Crippen molar-refractivity contribution in [3.8, 4) is 11.3 Å². The second-order valence-corrected chi connectivity index (χ2v) is 7.90. The van der Waals surface area contributed by atoms with Gasteiger partial charge in [0.15, 0.2) is 0 Å². The smallest absolute Gasteiger partial charge is 0.329 e. The fourth-order valence-corrected chi connectivity index (χ4v) is 4.04. The van der Waals surface area contributed by atoms with Gasteiger partial charge in [0.25, 0.3) is 11.5 Å². The summed E-state index contributed by atoms with van der Waals surface area (Å²) in [4.78, 5) is 52.2. The van der Waals surface area contributed by atoms with Gasteiger partial charge in [0, 0.05) is 36.1 Å². The second kappa shape index (κ2) is 8.60. The third-order valence-corrected chi connectivity index (χ3v) is 5.79. The Labute approximate surface area is 180 Å². The van der Waals surface area contributed by atoms with Crippen molar-refractivity contribution >= 4 is 28.3 Å². The van der Waals surface area contributed by atoms with Crippen LogP contribution in [-0.2, 0) is 6.54 Å². The van der Waals surface area contributed by atoms with E-state index in [1.165, 1.54) is 28.2 Å². The first-order valence-corrected chi connectivity index (χ1v) is 10.7. The average molecular weight is 436 g/mol. The zero-order valence-corrected chi connectivity index (χ0v) is 17.8. The molecule has 0 saturated heterocycles. The van der Waals surface area contributed by atoms with E-state index in [1.807, 2.05) is 31.4 Å². The van der Waals surface area contributed by atoms with Crippen molar-refractivity contribution in [1.82, 2.24) is 29.8 Å². The predicted octanol–water partition coefficient (Wildman–Crippen LogP) is 2.50. The molecule has 0 aliphatic heterocycles. The molecule has 158 valence electrons. The molecule has 4 aromatic heterocycles. The lowest BCUT2D eigenvalue weighted by Gasteiger charge is -2.12. The summed E-state index contributed by atoms with van der Waals surface area (Å²) in [6, 6.07) is 4.87. The molecule has 0 saturated carbocycles. The zero-order chi connectivity index (χ0) is 22.0. The highest BCUT2D eigenvalue weighted by molar-refractivity contribution is 7.10. The molecule has 2 N–H and O–H groups in total. The quantitative estimate of drug-likeness (QED) is 0.479. The Hall–Kier alpha value is -3.66. The van der Waals surface area contributed by atoms with Crippen LogP contribution in [0.3, 0.4) is 0 Å². The van der Waals surface area contributed by atoms with Crippen molar-refractivity contribution in [3.05, 3.63) is 73.6 Å². The number of nitrogens with one attached hydrogen (secondary N) is 2. The molecule has 0 radical (unpaired) electrons. The van der Waals surface area contributed by atoms with E-state index in [1.54, 1.807) is 12.4 Å². The van der Waals surface area contributed by atoms with Crippen LogP contribution in [0.2, 0.25) is 0 Å². The summed E-state index contributed by atoms with van der Waals surface area (Å²) in [5, 5.41) is 5.77. The first-order chi connectivity index (χ1) is 15.0. The van der Waals surface area contributed by atoms with Crippen LogP contribution in [-0.4, -0.2) is 30.4 Å². The molecule has 1 amide bonds. The van der Waals surface area contributed by atoms with Gasteiger partial charge in [0.2, 0.25) is 0 Å². The van der Waals surface area contributed by atoms with Gasteiger partial charge in [-0.1, -0.05) is 6.92 Å². The van der Waals surface area contributed by atoms with E-state index >= 15 is 0 Å². The van der Waals surface area contributed by atoms with Crippen LogP contribution in [0.25, 0.3) is 22.3 Å². The summed E-state index contributed by atoms with van der Waals surface area (Å²) < 4.78 is 1.40. The number of hydrogen-bond acceptors (Lipinski definition) is 7. The van der Waals surface area contributed by atoms with Crippen LogP contribution in [0, 0.1) is 0 Å². The number of fused-ring (bicyclic) bond motifs is 1. The Balaban J connectivity index is 1.58. The number of aromatic amines is 1. The molecule has 0 fully saturated rings. The third kappa shape index (κ3) is 4.15. The van der Waals surface area contributed by atoms with Crippen LogP contribution in [0.5, 0.6) is 0 Å². The molecule has 0 aliphatic carbocycles. The molecular formula is C21H20N6O3S. The Bertz CT molecular complexity index is 1360. The maximum atomic E-state index is 12.8. The average Bonchev–Trinajstić information content (AvgIpc) is 3.27. The lowest BCUT2D eigenvalue weighted by molar-refractivity contribution is 0.0939. The minimum Gasteiger partial charge on any atom is -0.343 e. The largest absolute Gasteiger partial charge is 0.343 e. The fourth-order valence-electron chi connectivity index (χ4n) is 3.21. The summed E-state index contributed by atoms with van der Waals surface area (Å²) in [5.74, 6) is -0.379. The molecule has 4 aromatic rings. The SMILES string of the molecule is CCCn1c(=O)[nH]c(=O)c2cc(C(=O)NC(C)c3nc(-c4ccncc4)cs3)cnc21. The number of carbonyl (C=O) groups is 1. The van der Waals surface area contributed by atoms with Crippen molar-refractivity contribution in [2.24, 2.45) is 0 Å². The van der Waals surface area contributed by atoms with Crippen molar-refractivity contribution in [2.75, 3.05) is 0 Å². The van der Waals surface area contributed by atoms with E-state index in [9.17, 15) is 14.4 Å². The van der Waals surface area contributed by atoms with Gasteiger partial charge in [0.05, 0.1) is 22.7 Å². The van der Waals surface area contributed by atoms with Crippen LogP contribution in [0.4, 0.5) is 0 Å². The molecule has 10 heteroatoms. The van der Waals surface area contributed by atoms with Gasteiger partial charge in [0.1, 0.15) is 10.7 Å². The standard InChI is InChI=1S/C21H20N6O3S/c1-3-8-27-17-15(19(29)26-21(27)30)9-14(10-23-17)18(28)24-12(2)20-25-16(11-31-20)13-4-6-22-7-5-13/h4-7,9-12H,3,8H2,1-2H3,(H,24,28)(H,26,29,30). The van der Waals surface area contributed by atoms with Gasteiger partial charge in [-0.2, -0.15) is 0 Å². The maximum absolute atomic E-state index is 12.8. The van der Waals surface area contributed by atoms with E-state index in [-0.39, 0.29) is 28.5 Å². The summed E-state index contributed by atoms with van der Waals surface area (Å²) in [5.41, 5.74) is 1.19. The number of nitrogens with zero attached hydrogens (tertiary/aromatic N) is 4. The Morgan fingerprint density at radius 2 is 2.06 bits per heavy atom. The molecule has 0 bridgehead atoms. The molecule has 4 heterocycles. The number of hydrogen-bond donors (Lipinski definition) is 2. The molecule has 0 aliphatic rings. The second-order valence-electron chi connectivity index (χ2n) is 7.01. The lowest BCUT2D eigenvalue weighted by atomic mass is 10.2. The molecule has 31 heavy (non-hydrogen) atoms. The van der Waals surface area contributed by atoms with E-state index in [2.05, 4.69) is 25.3 Å². The maximum Gasteiger partial charge on any atom is 0.329 e. The van der Waals surface area contributed by atoms with Crippen LogP contribution in [0.1, 0.15) is 41.7 Å². The Morgan fingerprint density at radius 3 is 2.81 bits per heavy atom. The van der Waals surface area contributed by atoms with E-state index in [0.717, 1.165) is 16.3 Å². The number of H-pyrrole nitrogens is 1. The van der Waals surface area contributed by atoms with Crippen molar-refractivity contribution in [1.29, 1.82) is 0 Å². The van der Waals surface area contributed by atoms with Crippen molar-refractivity contribution < 1.29 is 4.79 Å². The van der Waals surface area contributed by atoms with Crippen molar-refractivity contribution in [3.63, 3.8) is 0 Å². The number of rotatable bonds is 6. The van der Waals surface area contributed by atoms with Gasteiger partial charge >= 0.3 is 5.69 Å². The number of carbonyl (C=O) groups excluding carboxylic acids is 1. The Kier molecular flexibility index (Phi) is 5.72. The summed E-state index contributed by atoms with van der Waals surface area (Å²) >= 11 is 1.45. The molecule has 0 aromatic carbocycles. The number of thiazole rings is 1. The van der Waals surface area contributed by atoms with E-state index in [4.69, 9.17) is 0 Å². The number of aryl methyl sites for hydroxylation is 1.